The number of carbonyl (C=O) groups is 3. The van der Waals surface area contributed by atoms with E-state index >= 15 is 0 Å². The lowest BCUT2D eigenvalue weighted by atomic mass is 10.1. The predicted octanol–water partition coefficient (Wildman–Crippen LogP) is 2.84. The summed E-state index contributed by atoms with van der Waals surface area (Å²) in [5.41, 5.74) is 1.50. The SMILES string of the molecule is COC(=O)c1c(C)cc(NC(=O)NC(C)C)cc1NC(=O)NC(C)C. The van der Waals surface area contributed by atoms with E-state index in [9.17, 15) is 14.4 Å². The van der Waals surface area contributed by atoms with Gasteiger partial charge in [-0.3, -0.25) is 0 Å². The van der Waals surface area contributed by atoms with E-state index in [2.05, 4.69) is 21.3 Å². The van der Waals surface area contributed by atoms with E-state index < -0.39 is 12.0 Å². The highest BCUT2D eigenvalue weighted by Gasteiger charge is 2.19. The maximum Gasteiger partial charge on any atom is 0.340 e. The number of hydrogen-bond donors (Lipinski definition) is 4. The summed E-state index contributed by atoms with van der Waals surface area (Å²) in [6.45, 7) is 9.02. The third kappa shape index (κ3) is 6.33. The van der Waals surface area contributed by atoms with Crippen LogP contribution in [0.1, 0.15) is 43.6 Å². The Labute approximate surface area is 147 Å². The van der Waals surface area contributed by atoms with Crippen LogP contribution in [0.25, 0.3) is 0 Å². The molecule has 0 aliphatic rings. The quantitative estimate of drug-likeness (QED) is 0.612. The van der Waals surface area contributed by atoms with Gasteiger partial charge in [0.1, 0.15) is 0 Å². The first kappa shape index (κ1) is 20.3. The Morgan fingerprint density at radius 2 is 1.44 bits per heavy atom. The molecule has 1 rings (SSSR count). The van der Waals surface area contributed by atoms with Gasteiger partial charge in [0.25, 0.3) is 0 Å². The molecule has 0 spiro atoms. The van der Waals surface area contributed by atoms with Gasteiger partial charge >= 0.3 is 18.0 Å². The molecule has 4 N–H and O–H groups in total. The van der Waals surface area contributed by atoms with Crippen LogP contribution in [0.2, 0.25) is 0 Å². The Bertz CT molecular complexity index is 656. The first-order valence-electron chi connectivity index (χ1n) is 8.02. The van der Waals surface area contributed by atoms with E-state index in [4.69, 9.17) is 4.74 Å². The van der Waals surface area contributed by atoms with E-state index in [1.807, 2.05) is 27.7 Å². The lowest BCUT2D eigenvalue weighted by Crippen LogP contribution is -2.35. The molecule has 0 saturated carbocycles. The predicted molar refractivity (Wildman–Crippen MR) is 97.1 cm³/mol. The van der Waals surface area contributed by atoms with Crippen LogP contribution in [0.4, 0.5) is 21.0 Å². The highest BCUT2D eigenvalue weighted by Crippen LogP contribution is 2.26. The van der Waals surface area contributed by atoms with Gasteiger partial charge in [-0.25, -0.2) is 14.4 Å². The van der Waals surface area contributed by atoms with Gasteiger partial charge in [0.05, 0.1) is 18.4 Å². The minimum absolute atomic E-state index is 0.0233. The molecule has 8 heteroatoms. The molecule has 0 aromatic heterocycles. The summed E-state index contributed by atoms with van der Waals surface area (Å²) >= 11 is 0. The Hall–Kier alpha value is -2.77. The standard InChI is InChI=1S/C17H26N4O4/c1-9(2)18-16(23)20-12-7-11(5)14(15(22)25-6)13(8-12)21-17(24)19-10(3)4/h7-10H,1-6H3,(H2,18,20,23)(H2,19,21,24). The lowest BCUT2D eigenvalue weighted by Gasteiger charge is -2.17. The average molecular weight is 350 g/mol. The first-order valence-corrected chi connectivity index (χ1v) is 8.02. The van der Waals surface area contributed by atoms with Crippen LogP contribution in [-0.4, -0.2) is 37.2 Å². The summed E-state index contributed by atoms with van der Waals surface area (Å²) in [5, 5.41) is 10.7. The van der Waals surface area contributed by atoms with Crippen LogP contribution in [0.15, 0.2) is 12.1 Å². The van der Waals surface area contributed by atoms with Crippen LogP contribution in [-0.2, 0) is 4.74 Å². The minimum Gasteiger partial charge on any atom is -0.465 e. The smallest absolute Gasteiger partial charge is 0.340 e. The summed E-state index contributed by atoms with van der Waals surface area (Å²) < 4.78 is 4.78. The molecule has 0 unspecified atom stereocenters. The zero-order valence-electron chi connectivity index (χ0n) is 15.4. The molecule has 0 bridgehead atoms. The van der Waals surface area contributed by atoms with Crippen LogP contribution >= 0.6 is 0 Å². The normalized spacial score (nSPS) is 10.4. The minimum atomic E-state index is -0.574. The van der Waals surface area contributed by atoms with Crippen LogP contribution in [0.3, 0.4) is 0 Å². The Morgan fingerprint density at radius 3 is 1.92 bits per heavy atom. The molecule has 1 aromatic rings. The molecule has 0 aliphatic heterocycles. The lowest BCUT2D eigenvalue weighted by molar-refractivity contribution is 0.0601. The molecule has 0 fully saturated rings. The van der Waals surface area contributed by atoms with Crippen molar-refractivity contribution in [2.45, 2.75) is 46.7 Å². The number of amides is 4. The van der Waals surface area contributed by atoms with Crippen LogP contribution in [0, 0.1) is 6.92 Å². The number of anilines is 2. The van der Waals surface area contributed by atoms with Crippen molar-refractivity contribution in [1.29, 1.82) is 0 Å². The second kappa shape index (κ2) is 8.91. The van der Waals surface area contributed by atoms with E-state index in [0.29, 0.717) is 11.3 Å². The monoisotopic (exact) mass is 350 g/mol. The summed E-state index contributed by atoms with van der Waals surface area (Å²) in [7, 11) is 1.27. The maximum atomic E-state index is 12.0. The number of aryl methyl sites for hydroxylation is 1. The Balaban J connectivity index is 3.17. The molecule has 25 heavy (non-hydrogen) atoms. The van der Waals surface area contributed by atoms with Gasteiger partial charge in [0.2, 0.25) is 0 Å². The number of esters is 1. The molecule has 4 amide bonds. The van der Waals surface area contributed by atoms with Gasteiger partial charge in [0.15, 0.2) is 0 Å². The fourth-order valence-electron chi connectivity index (χ4n) is 2.18. The highest BCUT2D eigenvalue weighted by atomic mass is 16.5. The summed E-state index contributed by atoms with van der Waals surface area (Å²) in [4.78, 5) is 35.9. The zero-order chi connectivity index (χ0) is 19.1. The van der Waals surface area contributed by atoms with E-state index in [1.54, 1.807) is 13.0 Å². The number of carbonyl (C=O) groups excluding carboxylic acids is 3. The number of benzene rings is 1. The number of methoxy groups -OCH3 is 1. The maximum absolute atomic E-state index is 12.0. The molecule has 0 heterocycles. The molecule has 0 radical (unpaired) electrons. The average Bonchev–Trinajstić information content (AvgIpc) is 2.44. The molecular weight excluding hydrogens is 324 g/mol. The van der Waals surface area contributed by atoms with Gasteiger partial charge < -0.3 is 26.0 Å². The van der Waals surface area contributed by atoms with E-state index in [-0.39, 0.29) is 29.4 Å². The number of rotatable bonds is 5. The van der Waals surface area contributed by atoms with Gasteiger partial charge in [-0.15, -0.1) is 0 Å². The third-order valence-corrected chi connectivity index (χ3v) is 3.07. The van der Waals surface area contributed by atoms with E-state index in [0.717, 1.165) is 0 Å². The van der Waals surface area contributed by atoms with Crippen molar-refractivity contribution in [1.82, 2.24) is 10.6 Å². The molecule has 1 aromatic carbocycles. The topological polar surface area (TPSA) is 109 Å². The van der Waals surface area contributed by atoms with E-state index in [1.165, 1.54) is 13.2 Å². The van der Waals surface area contributed by atoms with Crippen molar-refractivity contribution >= 4 is 29.4 Å². The second-order valence-electron chi connectivity index (χ2n) is 6.21. The second-order valence-corrected chi connectivity index (χ2v) is 6.21. The number of urea groups is 2. The summed E-state index contributed by atoms with van der Waals surface area (Å²) in [5.74, 6) is -0.574. The van der Waals surface area contributed by atoms with Crippen molar-refractivity contribution in [3.63, 3.8) is 0 Å². The van der Waals surface area contributed by atoms with Gasteiger partial charge in [-0.2, -0.15) is 0 Å². The number of nitrogens with one attached hydrogen (secondary N) is 4. The molecule has 8 nitrogen and oxygen atoms in total. The molecule has 0 aliphatic carbocycles. The van der Waals surface area contributed by atoms with Gasteiger partial charge in [-0.1, -0.05) is 0 Å². The largest absolute Gasteiger partial charge is 0.465 e. The Kier molecular flexibility index (Phi) is 7.22. The third-order valence-electron chi connectivity index (χ3n) is 3.07. The fraction of sp³-hybridized carbons (Fsp3) is 0.471. The van der Waals surface area contributed by atoms with Gasteiger partial charge in [0, 0.05) is 17.8 Å². The van der Waals surface area contributed by atoms with Crippen LogP contribution < -0.4 is 21.3 Å². The summed E-state index contributed by atoms with van der Waals surface area (Å²) in [6.07, 6.45) is 0. The Morgan fingerprint density at radius 1 is 0.920 bits per heavy atom. The zero-order valence-corrected chi connectivity index (χ0v) is 15.4. The fourth-order valence-corrected chi connectivity index (χ4v) is 2.18. The molecule has 138 valence electrons. The van der Waals surface area contributed by atoms with Crippen molar-refractivity contribution in [2.75, 3.05) is 17.7 Å². The van der Waals surface area contributed by atoms with Crippen molar-refractivity contribution in [3.05, 3.63) is 23.3 Å². The highest BCUT2D eigenvalue weighted by molar-refractivity contribution is 6.03. The van der Waals surface area contributed by atoms with Crippen LogP contribution in [0.5, 0.6) is 0 Å². The van der Waals surface area contributed by atoms with Crippen molar-refractivity contribution in [3.8, 4) is 0 Å². The van der Waals surface area contributed by atoms with Crippen molar-refractivity contribution < 1.29 is 19.1 Å². The molecule has 0 atom stereocenters. The van der Waals surface area contributed by atoms with Crippen molar-refractivity contribution in [2.24, 2.45) is 0 Å². The first-order chi connectivity index (χ1) is 11.6. The number of ether oxygens (including phenoxy) is 1. The van der Waals surface area contributed by atoms with Gasteiger partial charge in [-0.05, 0) is 52.3 Å². The summed E-state index contributed by atoms with van der Waals surface area (Å²) in [6, 6.07) is 2.23. The number of hydrogen-bond acceptors (Lipinski definition) is 4. The molecule has 0 saturated heterocycles. The molecular formula is C17H26N4O4.